The van der Waals surface area contributed by atoms with E-state index >= 15 is 0 Å². The fourth-order valence-electron chi connectivity index (χ4n) is 3.71. The van der Waals surface area contributed by atoms with Crippen LogP contribution in [0.15, 0.2) is 91.5 Å². The van der Waals surface area contributed by atoms with Crippen molar-refractivity contribution in [2.45, 2.75) is 24.2 Å². The van der Waals surface area contributed by atoms with Crippen LogP contribution < -0.4 is 0 Å². The van der Waals surface area contributed by atoms with E-state index in [1.807, 2.05) is 0 Å². The zero-order valence-electron chi connectivity index (χ0n) is 15.8. The fraction of sp³-hybridized carbons (Fsp3) is 0.167. The summed E-state index contributed by atoms with van der Waals surface area (Å²) in [5, 5.41) is 0. The zero-order valence-corrected chi connectivity index (χ0v) is 15.8. The van der Waals surface area contributed by atoms with Crippen LogP contribution in [0.1, 0.15) is 34.2 Å². The monoisotopic (exact) mass is 420 g/mol. The molecule has 0 bridgehead atoms. The molecule has 0 aliphatic heterocycles. The van der Waals surface area contributed by atoms with Gasteiger partial charge in [-0.05, 0) is 35.2 Å². The molecule has 0 atom stereocenters. The summed E-state index contributed by atoms with van der Waals surface area (Å²) in [7, 11) is 0. The van der Waals surface area contributed by atoms with E-state index < -0.39 is 28.9 Å². The third-order valence-electron chi connectivity index (χ3n) is 5.08. The molecule has 3 aromatic rings. The van der Waals surface area contributed by atoms with Crippen molar-refractivity contribution in [2.75, 3.05) is 0 Å². The number of allylic oxidation sites excluding steroid dienone is 1. The van der Waals surface area contributed by atoms with Crippen molar-refractivity contribution in [3.63, 3.8) is 0 Å². The van der Waals surface area contributed by atoms with Crippen molar-refractivity contribution < 1.29 is 26.3 Å². The van der Waals surface area contributed by atoms with Crippen molar-refractivity contribution in [1.29, 1.82) is 0 Å². The molecule has 0 aromatic heterocycles. The largest absolute Gasteiger partial charge is 0.416 e. The first kappa shape index (κ1) is 21.7. The van der Waals surface area contributed by atoms with Gasteiger partial charge in [-0.1, -0.05) is 72.8 Å². The molecule has 6 heteroatoms. The summed E-state index contributed by atoms with van der Waals surface area (Å²) in [5.41, 5.74) is -1.95. The third kappa shape index (κ3) is 4.13. The lowest BCUT2D eigenvalue weighted by Gasteiger charge is -2.36. The maximum absolute atomic E-state index is 13.4. The first-order valence-electron chi connectivity index (χ1n) is 9.11. The maximum atomic E-state index is 13.4. The van der Waals surface area contributed by atoms with Crippen LogP contribution in [0, 0.1) is 0 Å². The molecule has 0 aliphatic rings. The molecule has 3 aromatic carbocycles. The Morgan fingerprint density at radius 2 is 0.967 bits per heavy atom. The van der Waals surface area contributed by atoms with Gasteiger partial charge in [-0.15, -0.1) is 6.58 Å². The quantitative estimate of drug-likeness (QED) is 0.226. The second-order valence-corrected chi connectivity index (χ2v) is 6.92. The van der Waals surface area contributed by atoms with Crippen molar-refractivity contribution in [1.82, 2.24) is 0 Å². The highest BCUT2D eigenvalue weighted by Crippen LogP contribution is 2.45. The van der Waals surface area contributed by atoms with Gasteiger partial charge in [0.25, 0.3) is 0 Å². The molecule has 0 nitrogen and oxygen atoms in total. The second-order valence-electron chi connectivity index (χ2n) is 6.92. The summed E-state index contributed by atoms with van der Waals surface area (Å²) in [6.07, 6.45) is -7.55. The molecule has 0 N–H and O–H groups in total. The molecule has 30 heavy (non-hydrogen) atoms. The molecule has 0 amide bonds. The van der Waals surface area contributed by atoms with E-state index in [4.69, 9.17) is 0 Å². The smallest absolute Gasteiger partial charge is 0.166 e. The molecule has 0 saturated carbocycles. The predicted molar refractivity (Wildman–Crippen MR) is 104 cm³/mol. The van der Waals surface area contributed by atoms with E-state index in [9.17, 15) is 26.3 Å². The minimum atomic E-state index is -4.58. The third-order valence-corrected chi connectivity index (χ3v) is 5.08. The second kappa shape index (κ2) is 8.01. The standard InChI is InChI=1S/C24H18F6/c1-2-14-22(17-8-4-3-5-9-17,18-10-6-12-20(15-18)23(25,26)27)19-11-7-13-21(16-19)24(28,29)30/h2-13,15-16H,1,14H2. The van der Waals surface area contributed by atoms with Crippen LogP contribution in [-0.4, -0.2) is 0 Å². The van der Waals surface area contributed by atoms with Gasteiger partial charge in [0.1, 0.15) is 0 Å². The van der Waals surface area contributed by atoms with Crippen LogP contribution in [0.3, 0.4) is 0 Å². The molecule has 156 valence electrons. The van der Waals surface area contributed by atoms with Crippen LogP contribution >= 0.6 is 0 Å². The lowest BCUT2D eigenvalue weighted by atomic mass is 9.67. The van der Waals surface area contributed by atoms with Crippen LogP contribution in [0.5, 0.6) is 0 Å². The zero-order chi connectivity index (χ0) is 22.0. The molecule has 3 rings (SSSR count). The topological polar surface area (TPSA) is 0 Å². The van der Waals surface area contributed by atoms with Crippen molar-refractivity contribution in [2.24, 2.45) is 0 Å². The van der Waals surface area contributed by atoms with Gasteiger partial charge in [-0.3, -0.25) is 0 Å². The van der Waals surface area contributed by atoms with Crippen LogP contribution in [0.2, 0.25) is 0 Å². The molecule has 0 saturated heterocycles. The van der Waals surface area contributed by atoms with Gasteiger partial charge in [0.15, 0.2) is 0 Å². The molecular formula is C24H18F6. The highest BCUT2D eigenvalue weighted by atomic mass is 19.4. The van der Waals surface area contributed by atoms with Gasteiger partial charge in [0.2, 0.25) is 0 Å². The van der Waals surface area contributed by atoms with Gasteiger partial charge in [0.05, 0.1) is 11.1 Å². The van der Waals surface area contributed by atoms with E-state index in [0.29, 0.717) is 5.56 Å². The Kier molecular flexibility index (Phi) is 5.79. The Morgan fingerprint density at radius 3 is 1.37 bits per heavy atom. The van der Waals surface area contributed by atoms with Crippen LogP contribution in [0.25, 0.3) is 0 Å². The number of hydrogen-bond acceptors (Lipinski definition) is 0. The van der Waals surface area contributed by atoms with Gasteiger partial charge >= 0.3 is 12.4 Å². The van der Waals surface area contributed by atoms with E-state index in [1.54, 1.807) is 30.3 Å². The summed E-state index contributed by atoms with van der Waals surface area (Å²) in [6, 6.07) is 18.0. The average molecular weight is 420 g/mol. The van der Waals surface area contributed by atoms with Crippen LogP contribution in [-0.2, 0) is 17.8 Å². The van der Waals surface area contributed by atoms with E-state index in [0.717, 1.165) is 24.3 Å². The normalized spacial score (nSPS) is 12.6. The van der Waals surface area contributed by atoms with E-state index in [-0.39, 0.29) is 17.5 Å². The Balaban J connectivity index is 2.37. The van der Waals surface area contributed by atoms with Crippen molar-refractivity contribution >= 4 is 0 Å². The Labute approximate surface area is 170 Å². The number of alkyl halides is 6. The Morgan fingerprint density at radius 1 is 0.567 bits per heavy atom. The number of benzene rings is 3. The first-order valence-corrected chi connectivity index (χ1v) is 9.11. The first-order chi connectivity index (χ1) is 14.1. The van der Waals surface area contributed by atoms with Crippen molar-refractivity contribution in [3.05, 3.63) is 119 Å². The number of rotatable bonds is 5. The molecule has 0 heterocycles. The van der Waals surface area contributed by atoms with E-state index in [2.05, 4.69) is 6.58 Å². The van der Waals surface area contributed by atoms with Crippen molar-refractivity contribution in [3.8, 4) is 0 Å². The van der Waals surface area contributed by atoms with Gasteiger partial charge in [-0.2, -0.15) is 26.3 Å². The van der Waals surface area contributed by atoms with Crippen LogP contribution in [0.4, 0.5) is 26.3 Å². The summed E-state index contributed by atoms with van der Waals surface area (Å²) in [6.45, 7) is 3.72. The van der Waals surface area contributed by atoms with Gasteiger partial charge in [-0.25, -0.2) is 0 Å². The Hall–Kier alpha value is -3.02. The number of halogens is 6. The minimum Gasteiger partial charge on any atom is -0.166 e. The lowest BCUT2D eigenvalue weighted by molar-refractivity contribution is -0.138. The molecule has 0 fully saturated rings. The summed E-state index contributed by atoms with van der Waals surface area (Å²) >= 11 is 0. The van der Waals surface area contributed by atoms with Gasteiger partial charge in [0, 0.05) is 5.41 Å². The minimum absolute atomic E-state index is 0.111. The fourth-order valence-corrected chi connectivity index (χ4v) is 3.71. The SMILES string of the molecule is C=CCC(c1ccccc1)(c1cccc(C(F)(F)F)c1)c1cccc(C(F)(F)F)c1. The Bertz CT molecular complexity index is 958. The predicted octanol–water partition coefficient (Wildman–Crippen LogP) is 7.63. The molecule has 0 radical (unpaired) electrons. The number of hydrogen-bond donors (Lipinski definition) is 0. The highest BCUT2D eigenvalue weighted by molar-refractivity contribution is 5.53. The maximum Gasteiger partial charge on any atom is 0.416 e. The molecular weight excluding hydrogens is 402 g/mol. The highest BCUT2D eigenvalue weighted by Gasteiger charge is 2.39. The molecule has 0 spiro atoms. The summed E-state index contributed by atoms with van der Waals surface area (Å²) in [5.74, 6) is 0. The molecule has 0 unspecified atom stereocenters. The molecule has 0 aliphatic carbocycles. The summed E-state index contributed by atoms with van der Waals surface area (Å²) < 4.78 is 80.4. The average Bonchev–Trinajstić information content (AvgIpc) is 2.72. The van der Waals surface area contributed by atoms with Gasteiger partial charge < -0.3 is 0 Å². The van der Waals surface area contributed by atoms with E-state index in [1.165, 1.54) is 30.3 Å². The lowest BCUT2D eigenvalue weighted by Crippen LogP contribution is -2.30. The summed E-state index contributed by atoms with van der Waals surface area (Å²) in [4.78, 5) is 0.